The standard InChI is InChI=1S/C39H45N9O2/c1-28-11-12-30(38(49)44-32-21-31(39(2,3)27-40)22-35(23-32)46(6)18-17-45(4)5)20-29(28)13-14-34-25-41-37-36(10-8-16-48(34)37)43-33-24-42-47(26-33)15-9-19-50-7/h8,10-12,16,20-26,43H,9,15,17-19H2,1-7H3,(H,44,49). The van der Waals surface area contributed by atoms with Gasteiger partial charge in [-0.15, -0.1) is 0 Å². The molecule has 2 aromatic carbocycles. The summed E-state index contributed by atoms with van der Waals surface area (Å²) in [4.78, 5) is 22.5. The van der Waals surface area contributed by atoms with Crippen molar-refractivity contribution in [1.82, 2.24) is 24.1 Å². The molecular weight excluding hydrogens is 626 g/mol. The number of hydrogen-bond acceptors (Lipinski definition) is 8. The van der Waals surface area contributed by atoms with Gasteiger partial charge < -0.3 is 25.2 Å². The summed E-state index contributed by atoms with van der Waals surface area (Å²) in [6, 6.07) is 17.7. The van der Waals surface area contributed by atoms with Gasteiger partial charge in [-0.3, -0.25) is 13.9 Å². The lowest BCUT2D eigenvalue weighted by molar-refractivity contribution is 0.102. The Hall–Kier alpha value is -5.62. The summed E-state index contributed by atoms with van der Waals surface area (Å²) in [5.74, 6) is 6.27. The van der Waals surface area contributed by atoms with E-state index in [1.165, 1.54) is 0 Å². The number of imidazole rings is 1. The number of carbonyl (C=O) groups excluding carboxylic acids is 1. The molecule has 11 nitrogen and oxygen atoms in total. The van der Waals surface area contributed by atoms with Crippen molar-refractivity contribution in [2.75, 3.05) is 63.5 Å². The van der Waals surface area contributed by atoms with Crippen molar-refractivity contribution in [3.8, 4) is 17.9 Å². The molecule has 50 heavy (non-hydrogen) atoms. The average molecular weight is 672 g/mol. The van der Waals surface area contributed by atoms with E-state index in [1.54, 1.807) is 25.6 Å². The topological polar surface area (TPSA) is 116 Å². The number of pyridine rings is 1. The predicted octanol–water partition coefficient (Wildman–Crippen LogP) is 6.07. The Kier molecular flexibility index (Phi) is 11.2. The third kappa shape index (κ3) is 8.69. The van der Waals surface area contributed by atoms with E-state index in [0.29, 0.717) is 17.9 Å². The lowest BCUT2D eigenvalue weighted by Gasteiger charge is -2.25. The Labute approximate surface area is 294 Å². The van der Waals surface area contributed by atoms with E-state index in [4.69, 9.17) is 4.74 Å². The summed E-state index contributed by atoms with van der Waals surface area (Å²) in [5.41, 5.74) is 7.00. The van der Waals surface area contributed by atoms with Gasteiger partial charge in [0.05, 0.1) is 35.3 Å². The Morgan fingerprint density at radius 1 is 1.04 bits per heavy atom. The van der Waals surface area contributed by atoms with Crippen LogP contribution in [0.1, 0.15) is 53.0 Å². The zero-order valence-corrected chi connectivity index (χ0v) is 29.9. The molecule has 0 fully saturated rings. The maximum atomic E-state index is 13.6. The van der Waals surface area contributed by atoms with Crippen LogP contribution in [0, 0.1) is 30.1 Å². The maximum absolute atomic E-state index is 13.6. The highest BCUT2D eigenvalue weighted by Crippen LogP contribution is 2.31. The van der Waals surface area contributed by atoms with E-state index in [0.717, 1.165) is 71.1 Å². The number of aryl methyl sites for hydroxylation is 2. The number of anilines is 4. The molecule has 11 heteroatoms. The summed E-state index contributed by atoms with van der Waals surface area (Å²) in [6.45, 7) is 8.85. The zero-order valence-electron chi connectivity index (χ0n) is 29.9. The first-order valence-corrected chi connectivity index (χ1v) is 16.6. The molecule has 0 saturated carbocycles. The minimum atomic E-state index is -0.730. The Morgan fingerprint density at radius 3 is 2.62 bits per heavy atom. The van der Waals surface area contributed by atoms with Crippen LogP contribution in [0.4, 0.5) is 22.7 Å². The molecule has 2 N–H and O–H groups in total. The fraction of sp³-hybridized carbons (Fsp3) is 0.333. The molecule has 0 bridgehead atoms. The number of hydrogen-bond donors (Lipinski definition) is 2. The molecule has 5 rings (SSSR count). The van der Waals surface area contributed by atoms with Gasteiger partial charge in [0.15, 0.2) is 5.65 Å². The third-order valence-electron chi connectivity index (χ3n) is 8.51. The van der Waals surface area contributed by atoms with Crippen LogP contribution in [-0.4, -0.2) is 77.9 Å². The molecule has 5 aromatic rings. The van der Waals surface area contributed by atoms with Gasteiger partial charge in [-0.1, -0.05) is 12.0 Å². The lowest BCUT2D eigenvalue weighted by atomic mass is 9.85. The fourth-order valence-electron chi connectivity index (χ4n) is 5.32. The number of aromatic nitrogens is 4. The normalized spacial score (nSPS) is 11.3. The first kappa shape index (κ1) is 35.7. The molecule has 0 aliphatic rings. The Bertz CT molecular complexity index is 2070. The molecule has 3 aromatic heterocycles. The van der Waals surface area contributed by atoms with E-state index in [2.05, 4.69) is 48.4 Å². The van der Waals surface area contributed by atoms with Gasteiger partial charge in [0.2, 0.25) is 0 Å². The van der Waals surface area contributed by atoms with Gasteiger partial charge >= 0.3 is 0 Å². The van der Waals surface area contributed by atoms with Crippen molar-refractivity contribution in [2.45, 2.75) is 39.2 Å². The second-order valence-electron chi connectivity index (χ2n) is 13.2. The highest BCUT2D eigenvalue weighted by molar-refractivity contribution is 6.05. The van der Waals surface area contributed by atoms with Crippen LogP contribution < -0.4 is 15.5 Å². The van der Waals surface area contributed by atoms with E-state index >= 15 is 0 Å². The number of carbonyl (C=O) groups is 1. The number of ether oxygens (including phenoxy) is 1. The number of rotatable bonds is 13. The van der Waals surface area contributed by atoms with Gasteiger partial charge in [-0.05, 0) is 101 Å². The zero-order chi connectivity index (χ0) is 35.8. The lowest BCUT2D eigenvalue weighted by Crippen LogP contribution is -2.29. The number of fused-ring (bicyclic) bond motifs is 1. The molecule has 0 atom stereocenters. The second-order valence-corrected chi connectivity index (χ2v) is 13.2. The second kappa shape index (κ2) is 15.7. The summed E-state index contributed by atoms with van der Waals surface area (Å²) >= 11 is 0. The number of likely N-dealkylation sites (N-methyl/N-ethyl adjacent to an activating group) is 2. The first-order chi connectivity index (χ1) is 24.0. The van der Waals surface area contributed by atoms with Crippen molar-refractivity contribution < 1.29 is 9.53 Å². The molecule has 0 aliphatic carbocycles. The predicted molar refractivity (Wildman–Crippen MR) is 199 cm³/mol. The highest BCUT2D eigenvalue weighted by atomic mass is 16.5. The number of methoxy groups -OCH3 is 1. The monoisotopic (exact) mass is 671 g/mol. The largest absolute Gasteiger partial charge is 0.385 e. The molecular formula is C39H45N9O2. The van der Waals surface area contributed by atoms with E-state index < -0.39 is 5.41 Å². The summed E-state index contributed by atoms with van der Waals surface area (Å²) < 4.78 is 8.96. The number of nitrogens with one attached hydrogen (secondary N) is 2. The van der Waals surface area contributed by atoms with Crippen molar-refractivity contribution in [1.29, 1.82) is 5.26 Å². The van der Waals surface area contributed by atoms with Crippen LogP contribution in [0.2, 0.25) is 0 Å². The molecule has 0 aliphatic heterocycles. The van der Waals surface area contributed by atoms with E-state index in [1.807, 2.05) is 106 Å². The summed E-state index contributed by atoms with van der Waals surface area (Å²) in [7, 11) is 7.78. The van der Waals surface area contributed by atoms with Crippen molar-refractivity contribution in [2.24, 2.45) is 0 Å². The third-order valence-corrected chi connectivity index (χ3v) is 8.51. The molecule has 0 spiro atoms. The minimum Gasteiger partial charge on any atom is -0.385 e. The van der Waals surface area contributed by atoms with Crippen LogP contribution in [0.15, 0.2) is 73.3 Å². The van der Waals surface area contributed by atoms with Gasteiger partial charge in [0.1, 0.15) is 5.69 Å². The van der Waals surface area contributed by atoms with Crippen LogP contribution in [0.5, 0.6) is 0 Å². The molecule has 258 valence electrons. The van der Waals surface area contributed by atoms with Crippen LogP contribution in [-0.2, 0) is 16.7 Å². The Morgan fingerprint density at radius 2 is 1.86 bits per heavy atom. The molecule has 1 amide bonds. The number of benzene rings is 2. The van der Waals surface area contributed by atoms with Crippen molar-refractivity contribution in [3.05, 3.63) is 101 Å². The van der Waals surface area contributed by atoms with Crippen LogP contribution in [0.25, 0.3) is 5.65 Å². The van der Waals surface area contributed by atoms with Crippen LogP contribution >= 0.6 is 0 Å². The van der Waals surface area contributed by atoms with E-state index in [-0.39, 0.29) is 5.91 Å². The fourth-order valence-corrected chi connectivity index (χ4v) is 5.32. The quantitative estimate of drug-likeness (QED) is 0.115. The number of amides is 1. The van der Waals surface area contributed by atoms with Crippen LogP contribution in [0.3, 0.4) is 0 Å². The van der Waals surface area contributed by atoms with Crippen molar-refractivity contribution >= 4 is 34.3 Å². The molecule has 3 heterocycles. The van der Waals surface area contributed by atoms with Gasteiger partial charge in [-0.2, -0.15) is 10.4 Å². The van der Waals surface area contributed by atoms with Gasteiger partial charge in [0.25, 0.3) is 5.91 Å². The maximum Gasteiger partial charge on any atom is 0.255 e. The molecule has 0 unspecified atom stereocenters. The molecule has 0 radical (unpaired) electrons. The summed E-state index contributed by atoms with van der Waals surface area (Å²) in [5, 5.41) is 20.8. The van der Waals surface area contributed by atoms with E-state index in [9.17, 15) is 10.1 Å². The minimum absolute atomic E-state index is 0.255. The summed E-state index contributed by atoms with van der Waals surface area (Å²) in [6.07, 6.45) is 8.31. The van der Waals surface area contributed by atoms with Crippen molar-refractivity contribution in [3.63, 3.8) is 0 Å². The SMILES string of the molecule is COCCCn1cc(Nc2cccn3c(C#Cc4cc(C(=O)Nc5cc(N(C)CCN(C)C)cc(C(C)(C)C#N)c5)ccc4C)cnc23)cn1. The molecule has 0 saturated heterocycles. The smallest absolute Gasteiger partial charge is 0.255 e. The average Bonchev–Trinajstić information content (AvgIpc) is 3.73. The first-order valence-electron chi connectivity index (χ1n) is 16.6. The highest BCUT2D eigenvalue weighted by Gasteiger charge is 2.22. The van der Waals surface area contributed by atoms with Gasteiger partial charge in [0, 0.05) is 75.3 Å². The Balaban J connectivity index is 1.36. The van der Waals surface area contributed by atoms with Gasteiger partial charge in [-0.25, -0.2) is 4.98 Å². The number of nitrogens with zero attached hydrogens (tertiary/aromatic N) is 7. The number of nitriles is 1.